The molecule has 71 valence electrons. The van der Waals surface area contributed by atoms with E-state index in [4.69, 9.17) is 9.47 Å². The monoisotopic (exact) mass is 179 g/mol. The van der Waals surface area contributed by atoms with Crippen molar-refractivity contribution in [2.45, 2.75) is 13.8 Å². The SMILES string of the molecule is COc1c[c]ccc1OCC(C)C. The van der Waals surface area contributed by atoms with Crippen molar-refractivity contribution in [1.82, 2.24) is 0 Å². The highest BCUT2D eigenvalue weighted by molar-refractivity contribution is 5.38. The van der Waals surface area contributed by atoms with Crippen molar-refractivity contribution in [2.24, 2.45) is 5.92 Å². The van der Waals surface area contributed by atoms with Gasteiger partial charge in [0.2, 0.25) is 0 Å². The van der Waals surface area contributed by atoms with Gasteiger partial charge in [0, 0.05) is 0 Å². The third kappa shape index (κ3) is 2.98. The van der Waals surface area contributed by atoms with Crippen LogP contribution in [0.1, 0.15) is 13.8 Å². The molecule has 13 heavy (non-hydrogen) atoms. The lowest BCUT2D eigenvalue weighted by molar-refractivity contribution is 0.257. The molecule has 1 aromatic rings. The van der Waals surface area contributed by atoms with Crippen LogP contribution in [-0.2, 0) is 0 Å². The lowest BCUT2D eigenvalue weighted by atomic mass is 10.2. The van der Waals surface area contributed by atoms with E-state index in [-0.39, 0.29) is 0 Å². The number of rotatable bonds is 4. The van der Waals surface area contributed by atoms with Crippen LogP contribution in [0.5, 0.6) is 11.5 Å². The van der Waals surface area contributed by atoms with Gasteiger partial charge in [0.1, 0.15) is 0 Å². The van der Waals surface area contributed by atoms with Gasteiger partial charge < -0.3 is 9.47 Å². The van der Waals surface area contributed by atoms with Gasteiger partial charge in [-0.3, -0.25) is 0 Å². The average molecular weight is 179 g/mol. The van der Waals surface area contributed by atoms with Crippen molar-refractivity contribution in [3.63, 3.8) is 0 Å². The molecule has 0 aliphatic rings. The van der Waals surface area contributed by atoms with Gasteiger partial charge in [-0.2, -0.15) is 0 Å². The Kier molecular flexibility index (Phi) is 3.62. The van der Waals surface area contributed by atoms with Crippen LogP contribution in [-0.4, -0.2) is 13.7 Å². The molecule has 0 fully saturated rings. The summed E-state index contributed by atoms with van der Waals surface area (Å²) in [5.74, 6) is 2.05. The van der Waals surface area contributed by atoms with Gasteiger partial charge in [-0.05, 0) is 24.1 Å². The Morgan fingerprint density at radius 2 is 2.15 bits per heavy atom. The maximum absolute atomic E-state index is 5.54. The molecule has 2 heteroatoms. The molecule has 2 nitrogen and oxygen atoms in total. The largest absolute Gasteiger partial charge is 0.493 e. The Labute approximate surface area is 79.5 Å². The van der Waals surface area contributed by atoms with Gasteiger partial charge in [0.05, 0.1) is 13.7 Å². The minimum atomic E-state index is 0.522. The second-order valence-electron chi connectivity index (χ2n) is 3.28. The number of hydrogen-bond acceptors (Lipinski definition) is 2. The molecule has 0 atom stereocenters. The first kappa shape index (κ1) is 9.90. The predicted molar refractivity (Wildman–Crippen MR) is 52.2 cm³/mol. The van der Waals surface area contributed by atoms with Crippen LogP contribution in [0, 0.1) is 12.0 Å². The Bertz CT molecular complexity index is 256. The quantitative estimate of drug-likeness (QED) is 0.707. The van der Waals surface area contributed by atoms with Gasteiger partial charge in [-0.25, -0.2) is 0 Å². The maximum atomic E-state index is 5.54. The zero-order valence-corrected chi connectivity index (χ0v) is 8.33. The summed E-state index contributed by atoms with van der Waals surface area (Å²) in [6, 6.07) is 8.39. The first-order valence-corrected chi connectivity index (χ1v) is 4.41. The summed E-state index contributed by atoms with van der Waals surface area (Å²) in [5.41, 5.74) is 0. The Balaban J connectivity index is 2.64. The molecule has 0 aliphatic heterocycles. The number of methoxy groups -OCH3 is 1. The third-order valence-electron chi connectivity index (χ3n) is 1.58. The first-order chi connectivity index (χ1) is 6.24. The average Bonchev–Trinajstić information content (AvgIpc) is 2.15. The van der Waals surface area contributed by atoms with Gasteiger partial charge in [-0.1, -0.05) is 19.9 Å². The van der Waals surface area contributed by atoms with Crippen LogP contribution in [0.2, 0.25) is 0 Å². The smallest absolute Gasteiger partial charge is 0.161 e. The fraction of sp³-hybridized carbons (Fsp3) is 0.455. The second kappa shape index (κ2) is 4.75. The highest BCUT2D eigenvalue weighted by Gasteiger charge is 2.02. The number of benzene rings is 1. The second-order valence-corrected chi connectivity index (χ2v) is 3.28. The zero-order valence-electron chi connectivity index (χ0n) is 8.33. The highest BCUT2D eigenvalue weighted by Crippen LogP contribution is 2.25. The topological polar surface area (TPSA) is 18.5 Å². The van der Waals surface area contributed by atoms with Gasteiger partial charge in [-0.15, -0.1) is 0 Å². The molecule has 0 aliphatic carbocycles. The van der Waals surface area contributed by atoms with E-state index in [9.17, 15) is 0 Å². The minimum absolute atomic E-state index is 0.522. The number of hydrogen-bond donors (Lipinski definition) is 0. The third-order valence-corrected chi connectivity index (χ3v) is 1.58. The molecule has 0 unspecified atom stereocenters. The van der Waals surface area contributed by atoms with Crippen LogP contribution < -0.4 is 9.47 Å². The fourth-order valence-electron chi connectivity index (χ4n) is 0.936. The fourth-order valence-corrected chi connectivity index (χ4v) is 0.936. The lowest BCUT2D eigenvalue weighted by Crippen LogP contribution is -2.05. The van der Waals surface area contributed by atoms with E-state index in [0.29, 0.717) is 12.5 Å². The van der Waals surface area contributed by atoms with Crippen molar-refractivity contribution in [1.29, 1.82) is 0 Å². The molecule has 1 radical (unpaired) electrons. The summed E-state index contributed by atoms with van der Waals surface area (Å²) in [5, 5.41) is 0. The highest BCUT2D eigenvalue weighted by atomic mass is 16.5. The van der Waals surface area contributed by atoms with Crippen molar-refractivity contribution < 1.29 is 9.47 Å². The predicted octanol–water partition coefficient (Wildman–Crippen LogP) is 2.53. The van der Waals surface area contributed by atoms with E-state index < -0.39 is 0 Å². The van der Waals surface area contributed by atoms with E-state index in [1.807, 2.05) is 12.1 Å². The van der Waals surface area contributed by atoms with Crippen LogP contribution in [0.15, 0.2) is 18.2 Å². The molecule has 0 spiro atoms. The summed E-state index contributed by atoms with van der Waals surface area (Å²) < 4.78 is 10.7. The van der Waals surface area contributed by atoms with Crippen LogP contribution in [0.25, 0.3) is 0 Å². The van der Waals surface area contributed by atoms with Crippen LogP contribution >= 0.6 is 0 Å². The van der Waals surface area contributed by atoms with Crippen LogP contribution in [0.3, 0.4) is 0 Å². The van der Waals surface area contributed by atoms with Gasteiger partial charge in [0.25, 0.3) is 0 Å². The molecule has 0 saturated heterocycles. The molecule has 1 rings (SSSR count). The molecular weight excluding hydrogens is 164 g/mol. The summed E-state index contributed by atoms with van der Waals surface area (Å²) in [6.45, 7) is 4.93. The Morgan fingerprint density at radius 1 is 1.38 bits per heavy atom. The summed E-state index contributed by atoms with van der Waals surface area (Å²) in [6.07, 6.45) is 0. The van der Waals surface area contributed by atoms with E-state index >= 15 is 0 Å². The Morgan fingerprint density at radius 3 is 2.77 bits per heavy atom. The normalized spacial score (nSPS) is 10.2. The maximum Gasteiger partial charge on any atom is 0.161 e. The van der Waals surface area contributed by atoms with Crippen molar-refractivity contribution in [2.75, 3.05) is 13.7 Å². The molecule has 0 heterocycles. The van der Waals surface area contributed by atoms with E-state index in [1.54, 1.807) is 13.2 Å². The summed E-state index contributed by atoms with van der Waals surface area (Å²) in [4.78, 5) is 0. The molecule has 0 amide bonds. The number of ether oxygens (including phenoxy) is 2. The van der Waals surface area contributed by atoms with Gasteiger partial charge in [0.15, 0.2) is 11.5 Å². The molecule has 0 bridgehead atoms. The lowest BCUT2D eigenvalue weighted by Gasteiger charge is -2.11. The molecule has 0 N–H and O–H groups in total. The summed E-state index contributed by atoms with van der Waals surface area (Å²) in [7, 11) is 1.63. The zero-order chi connectivity index (χ0) is 9.68. The van der Waals surface area contributed by atoms with Crippen molar-refractivity contribution >= 4 is 0 Å². The standard InChI is InChI=1S/C11H15O2/c1-9(2)8-13-11-7-5-4-6-10(11)12-3/h5-7,9H,8H2,1-3H3. The van der Waals surface area contributed by atoms with E-state index in [1.165, 1.54) is 0 Å². The Hall–Kier alpha value is -1.18. The molecule has 1 aromatic carbocycles. The van der Waals surface area contributed by atoms with Crippen LogP contribution in [0.4, 0.5) is 0 Å². The van der Waals surface area contributed by atoms with Gasteiger partial charge >= 0.3 is 0 Å². The first-order valence-electron chi connectivity index (χ1n) is 4.41. The van der Waals surface area contributed by atoms with E-state index in [0.717, 1.165) is 11.5 Å². The van der Waals surface area contributed by atoms with E-state index in [2.05, 4.69) is 19.9 Å². The molecular formula is C11H15O2. The molecule has 0 saturated carbocycles. The van der Waals surface area contributed by atoms with Crippen molar-refractivity contribution in [3.8, 4) is 11.5 Å². The molecule has 0 aromatic heterocycles. The van der Waals surface area contributed by atoms with Crippen molar-refractivity contribution in [3.05, 3.63) is 24.3 Å². The summed E-state index contributed by atoms with van der Waals surface area (Å²) >= 11 is 0. The minimum Gasteiger partial charge on any atom is -0.493 e.